The Morgan fingerprint density at radius 2 is 1.77 bits per heavy atom. The summed E-state index contributed by atoms with van der Waals surface area (Å²) in [5.74, 6) is 0.154. The van der Waals surface area contributed by atoms with Gasteiger partial charge in [0.15, 0.2) is 6.61 Å². The number of halogens is 1. The lowest BCUT2D eigenvalue weighted by molar-refractivity contribution is -0.136. The fourth-order valence-electron chi connectivity index (χ4n) is 4.18. The molecule has 1 aliphatic heterocycles. The second kappa shape index (κ2) is 9.41. The van der Waals surface area contributed by atoms with Gasteiger partial charge >= 0.3 is 5.97 Å². The minimum Gasteiger partial charge on any atom is -0.482 e. The van der Waals surface area contributed by atoms with Crippen molar-refractivity contribution in [1.29, 1.82) is 5.26 Å². The van der Waals surface area contributed by atoms with Gasteiger partial charge in [-0.1, -0.05) is 66.2 Å². The first-order chi connectivity index (χ1) is 17.0. The average Bonchev–Trinajstić information content (AvgIpc) is 2.86. The predicted octanol–water partition coefficient (Wildman–Crippen LogP) is 5.70. The van der Waals surface area contributed by atoms with E-state index in [2.05, 4.69) is 6.07 Å². The summed E-state index contributed by atoms with van der Waals surface area (Å²) in [5.41, 5.74) is 8.16. The number of allylic oxidation sites excluding steroid dienone is 1. The highest BCUT2D eigenvalue weighted by atomic mass is 35.5. The number of fused-ring (bicyclic) bond motifs is 2. The third kappa shape index (κ3) is 4.50. The number of ether oxygens (including phenoxy) is 3. The van der Waals surface area contributed by atoms with Crippen LogP contribution in [0.4, 0.5) is 0 Å². The fourth-order valence-corrected chi connectivity index (χ4v) is 4.36. The number of hydrogen-bond donors (Lipinski definition) is 1. The van der Waals surface area contributed by atoms with Gasteiger partial charge in [0.1, 0.15) is 28.9 Å². The molecule has 0 radical (unpaired) electrons. The summed E-state index contributed by atoms with van der Waals surface area (Å²) in [4.78, 5) is 12.3. The van der Waals surface area contributed by atoms with Crippen molar-refractivity contribution in [2.24, 2.45) is 5.73 Å². The van der Waals surface area contributed by atoms with E-state index in [0.717, 1.165) is 21.9 Å². The standard InChI is InChI=1S/C28H19ClN2O4/c29-18-7-4-8-19(13-18)33-16-26(32)34-20-11-12-23-25(14-20)35-28(31)24(15-30)27(23)22-10-3-6-17-5-1-2-9-21(17)22/h1-14,27H,16,31H2. The van der Waals surface area contributed by atoms with Crippen LogP contribution in [0.5, 0.6) is 17.2 Å². The van der Waals surface area contributed by atoms with E-state index in [1.165, 1.54) is 0 Å². The lowest BCUT2D eigenvalue weighted by atomic mass is 9.81. The molecular weight excluding hydrogens is 464 g/mol. The molecule has 0 saturated heterocycles. The maximum absolute atomic E-state index is 12.3. The van der Waals surface area contributed by atoms with Gasteiger partial charge in [0.05, 0.1) is 5.92 Å². The van der Waals surface area contributed by atoms with Crippen LogP contribution in [0.15, 0.2) is 96.4 Å². The third-order valence-corrected chi connectivity index (χ3v) is 5.94. The molecule has 1 aliphatic rings. The molecule has 1 atom stereocenters. The van der Waals surface area contributed by atoms with Crippen LogP contribution in [0.25, 0.3) is 10.8 Å². The van der Waals surface area contributed by atoms with Gasteiger partial charge in [-0.2, -0.15) is 5.26 Å². The Labute approximate surface area is 206 Å². The zero-order valence-electron chi connectivity index (χ0n) is 18.4. The highest BCUT2D eigenvalue weighted by molar-refractivity contribution is 6.30. The Morgan fingerprint density at radius 3 is 2.60 bits per heavy atom. The molecule has 35 heavy (non-hydrogen) atoms. The summed E-state index contributed by atoms with van der Waals surface area (Å²) >= 11 is 5.93. The van der Waals surface area contributed by atoms with E-state index in [4.69, 9.17) is 31.5 Å². The molecule has 1 heterocycles. The van der Waals surface area contributed by atoms with Crippen LogP contribution in [0.1, 0.15) is 17.0 Å². The summed E-state index contributed by atoms with van der Waals surface area (Å²) in [7, 11) is 0. The number of rotatable bonds is 5. The molecule has 5 rings (SSSR count). The molecule has 2 N–H and O–H groups in total. The number of carbonyl (C=O) groups excluding carboxylic acids is 1. The molecule has 7 heteroatoms. The molecule has 0 fully saturated rings. The van der Waals surface area contributed by atoms with Crippen LogP contribution < -0.4 is 19.9 Å². The number of nitrogens with two attached hydrogens (primary N) is 1. The Hall–Kier alpha value is -4.47. The number of carbonyl (C=O) groups is 1. The molecule has 0 aromatic heterocycles. The summed E-state index contributed by atoms with van der Waals surface area (Å²) < 4.78 is 16.6. The van der Waals surface area contributed by atoms with Gasteiger partial charge in [-0.3, -0.25) is 0 Å². The van der Waals surface area contributed by atoms with Gasteiger partial charge < -0.3 is 19.9 Å². The van der Waals surface area contributed by atoms with Crippen molar-refractivity contribution >= 4 is 28.3 Å². The highest BCUT2D eigenvalue weighted by Gasteiger charge is 2.32. The normalized spacial score (nSPS) is 14.6. The van der Waals surface area contributed by atoms with Crippen molar-refractivity contribution in [2.75, 3.05) is 6.61 Å². The molecule has 0 saturated carbocycles. The molecule has 4 aromatic rings. The van der Waals surface area contributed by atoms with Crippen LogP contribution in [0.2, 0.25) is 5.02 Å². The topological polar surface area (TPSA) is 94.6 Å². The van der Waals surface area contributed by atoms with Gasteiger partial charge in [-0.25, -0.2) is 4.79 Å². The summed E-state index contributed by atoms with van der Waals surface area (Å²) in [6, 6.07) is 27.9. The first-order valence-electron chi connectivity index (χ1n) is 10.8. The number of hydrogen-bond acceptors (Lipinski definition) is 6. The second-order valence-electron chi connectivity index (χ2n) is 7.91. The molecule has 172 valence electrons. The van der Waals surface area contributed by atoms with E-state index in [-0.39, 0.29) is 18.2 Å². The van der Waals surface area contributed by atoms with Crippen molar-refractivity contribution in [1.82, 2.24) is 0 Å². The maximum Gasteiger partial charge on any atom is 0.349 e. The molecule has 0 bridgehead atoms. The second-order valence-corrected chi connectivity index (χ2v) is 8.35. The molecule has 6 nitrogen and oxygen atoms in total. The fraction of sp³-hybridized carbons (Fsp3) is 0.0714. The monoisotopic (exact) mass is 482 g/mol. The van der Waals surface area contributed by atoms with E-state index < -0.39 is 11.9 Å². The molecule has 4 aromatic carbocycles. The third-order valence-electron chi connectivity index (χ3n) is 5.71. The van der Waals surface area contributed by atoms with Crippen LogP contribution in [-0.2, 0) is 4.79 Å². The van der Waals surface area contributed by atoms with Crippen LogP contribution in [0, 0.1) is 11.3 Å². The Balaban J connectivity index is 1.43. The smallest absolute Gasteiger partial charge is 0.349 e. The van der Waals surface area contributed by atoms with Gasteiger partial charge in [-0.15, -0.1) is 0 Å². The zero-order chi connectivity index (χ0) is 24.4. The Morgan fingerprint density at radius 1 is 0.971 bits per heavy atom. The van der Waals surface area contributed by atoms with Crippen LogP contribution >= 0.6 is 11.6 Å². The number of benzene rings is 4. The lowest BCUT2D eigenvalue weighted by Gasteiger charge is -2.27. The molecular formula is C28H19ClN2O4. The quantitative estimate of drug-likeness (QED) is 0.290. The Kier molecular flexibility index (Phi) is 6.01. The van der Waals surface area contributed by atoms with Gasteiger partial charge in [-0.05, 0) is 40.6 Å². The molecule has 0 amide bonds. The number of nitrogens with zero attached hydrogens (tertiary/aromatic N) is 1. The van der Waals surface area contributed by atoms with E-state index in [0.29, 0.717) is 22.1 Å². The lowest BCUT2D eigenvalue weighted by Crippen LogP contribution is -2.22. The highest BCUT2D eigenvalue weighted by Crippen LogP contribution is 2.45. The molecule has 0 aliphatic carbocycles. The van der Waals surface area contributed by atoms with Crippen molar-refractivity contribution in [3.05, 3.63) is 113 Å². The van der Waals surface area contributed by atoms with Crippen molar-refractivity contribution in [2.45, 2.75) is 5.92 Å². The largest absolute Gasteiger partial charge is 0.482 e. The van der Waals surface area contributed by atoms with Crippen molar-refractivity contribution in [3.8, 4) is 23.3 Å². The number of nitriles is 1. The van der Waals surface area contributed by atoms with Crippen molar-refractivity contribution < 1.29 is 19.0 Å². The average molecular weight is 483 g/mol. The van der Waals surface area contributed by atoms with E-state index >= 15 is 0 Å². The summed E-state index contributed by atoms with van der Waals surface area (Å²) in [6.45, 7) is -0.294. The van der Waals surface area contributed by atoms with Gasteiger partial charge in [0.25, 0.3) is 0 Å². The summed E-state index contributed by atoms with van der Waals surface area (Å²) in [5, 5.41) is 12.5. The van der Waals surface area contributed by atoms with E-state index in [9.17, 15) is 10.1 Å². The van der Waals surface area contributed by atoms with Crippen LogP contribution in [0.3, 0.4) is 0 Å². The number of esters is 1. The van der Waals surface area contributed by atoms with Crippen molar-refractivity contribution in [3.63, 3.8) is 0 Å². The SMILES string of the molecule is N#CC1=C(N)Oc2cc(OC(=O)COc3cccc(Cl)c3)ccc2C1c1cccc2ccccc12. The van der Waals surface area contributed by atoms with E-state index in [1.54, 1.807) is 42.5 Å². The Bertz CT molecular complexity index is 1520. The molecule has 1 unspecified atom stereocenters. The minimum atomic E-state index is -0.590. The van der Waals surface area contributed by atoms with Gasteiger partial charge in [0.2, 0.25) is 5.88 Å². The summed E-state index contributed by atoms with van der Waals surface area (Å²) in [6.07, 6.45) is 0. The first-order valence-corrected chi connectivity index (χ1v) is 11.2. The first kappa shape index (κ1) is 22.3. The van der Waals surface area contributed by atoms with Crippen LogP contribution in [-0.4, -0.2) is 12.6 Å². The predicted molar refractivity (Wildman–Crippen MR) is 132 cm³/mol. The maximum atomic E-state index is 12.3. The van der Waals surface area contributed by atoms with E-state index in [1.807, 2.05) is 42.5 Å². The minimum absolute atomic E-state index is 0.0192. The zero-order valence-corrected chi connectivity index (χ0v) is 19.2. The molecule has 0 spiro atoms. The van der Waals surface area contributed by atoms with Gasteiger partial charge in [0, 0.05) is 16.7 Å².